The smallest absolute Gasteiger partial charge is 0.361 e. The first-order chi connectivity index (χ1) is 18.9. The van der Waals surface area contributed by atoms with Crippen LogP contribution in [-0.4, -0.2) is 64.9 Å². The molecule has 5 heterocycles. The normalized spacial score (nSPS) is 16.2. The first-order valence-electron chi connectivity index (χ1n) is 11.8. The molecule has 2 atom stereocenters. The van der Waals surface area contributed by atoms with E-state index < -0.39 is 36.2 Å². The fourth-order valence-electron chi connectivity index (χ4n) is 4.12. The fraction of sp³-hybridized carbons (Fsp3) is 0.292. The number of amides is 2. The molecule has 2 amide bonds. The summed E-state index contributed by atoms with van der Waals surface area (Å²) in [7, 11) is 1.56. The third-order valence-electron chi connectivity index (χ3n) is 6.20. The summed E-state index contributed by atoms with van der Waals surface area (Å²) < 4.78 is 44.7. The molecule has 0 radical (unpaired) electrons. The molecular weight excluding hydrogens is 535 g/mol. The largest absolute Gasteiger partial charge is 0.451 e. The average Bonchev–Trinajstić information content (AvgIpc) is 3.55. The van der Waals surface area contributed by atoms with Crippen molar-refractivity contribution in [3.63, 3.8) is 0 Å². The lowest BCUT2D eigenvalue weighted by Crippen LogP contribution is -2.54. The minimum atomic E-state index is -4.68. The molecule has 13 nitrogen and oxygen atoms in total. The lowest BCUT2D eigenvalue weighted by molar-refractivity contribution is -0.145. The van der Waals surface area contributed by atoms with Crippen molar-refractivity contribution in [1.82, 2.24) is 34.6 Å². The Morgan fingerprint density at radius 1 is 1.23 bits per heavy atom. The summed E-state index contributed by atoms with van der Waals surface area (Å²) in [5, 5.41) is 17.2. The van der Waals surface area contributed by atoms with Crippen molar-refractivity contribution < 1.29 is 32.4 Å². The molecule has 0 spiro atoms. The number of nitrogens with one attached hydrogen (secondary N) is 1. The zero-order valence-electron chi connectivity index (χ0n) is 21.3. The van der Waals surface area contributed by atoms with E-state index in [0.29, 0.717) is 11.5 Å². The van der Waals surface area contributed by atoms with E-state index in [1.165, 1.54) is 32.8 Å². The maximum atomic E-state index is 13.4. The van der Waals surface area contributed by atoms with E-state index in [2.05, 4.69) is 30.4 Å². The van der Waals surface area contributed by atoms with Crippen LogP contribution in [0.25, 0.3) is 11.3 Å². The number of hydrogen-bond donors (Lipinski definition) is 2. The number of nitrogens with zero attached hydrogens (tertiary/aromatic N) is 8. The number of carbonyl (C=O) groups excluding carboxylic acids is 2. The van der Waals surface area contributed by atoms with Gasteiger partial charge in [0, 0.05) is 31.1 Å². The number of pyridine rings is 1. The van der Waals surface area contributed by atoms with Crippen molar-refractivity contribution in [2.24, 2.45) is 0 Å². The zero-order chi connectivity index (χ0) is 28.8. The van der Waals surface area contributed by atoms with Crippen molar-refractivity contribution in [2.75, 3.05) is 17.3 Å². The van der Waals surface area contributed by atoms with Gasteiger partial charge in [-0.1, -0.05) is 11.2 Å². The lowest BCUT2D eigenvalue weighted by Gasteiger charge is -2.38. The highest BCUT2D eigenvalue weighted by Gasteiger charge is 2.40. The van der Waals surface area contributed by atoms with Gasteiger partial charge >= 0.3 is 6.18 Å². The Bertz CT molecular complexity index is 1570. The van der Waals surface area contributed by atoms with Gasteiger partial charge in [-0.2, -0.15) is 13.2 Å². The number of fused-ring (bicyclic) bond motifs is 1. The van der Waals surface area contributed by atoms with Gasteiger partial charge in [0.25, 0.3) is 5.91 Å². The van der Waals surface area contributed by atoms with Gasteiger partial charge in [0.1, 0.15) is 23.3 Å². The Morgan fingerprint density at radius 3 is 2.60 bits per heavy atom. The van der Waals surface area contributed by atoms with Crippen LogP contribution in [-0.2, 0) is 17.5 Å². The Labute approximate surface area is 224 Å². The molecule has 5 rings (SSSR count). The van der Waals surface area contributed by atoms with Gasteiger partial charge in [-0.15, -0.1) is 0 Å². The van der Waals surface area contributed by atoms with E-state index >= 15 is 0 Å². The van der Waals surface area contributed by atoms with Gasteiger partial charge in [-0.05, 0) is 26.0 Å². The predicted octanol–water partition coefficient (Wildman–Crippen LogP) is 2.62. The quantitative estimate of drug-likeness (QED) is 0.361. The van der Waals surface area contributed by atoms with Crippen LogP contribution in [0.4, 0.5) is 24.8 Å². The van der Waals surface area contributed by atoms with Crippen molar-refractivity contribution in [2.45, 2.75) is 39.0 Å². The molecule has 0 aliphatic carbocycles. The first kappa shape index (κ1) is 26.7. The molecule has 1 unspecified atom stereocenters. The van der Waals surface area contributed by atoms with Crippen molar-refractivity contribution >= 4 is 23.5 Å². The number of hydrogen-bond acceptors (Lipinski definition) is 10. The number of aliphatic hydroxyl groups is 1. The van der Waals surface area contributed by atoms with Crippen LogP contribution in [0.15, 0.2) is 47.5 Å². The monoisotopic (exact) mass is 557 g/mol. The molecule has 4 aromatic rings. The fourth-order valence-corrected chi connectivity index (χ4v) is 4.12. The second-order valence-corrected chi connectivity index (χ2v) is 9.01. The maximum Gasteiger partial charge on any atom is 0.451 e. The molecule has 40 heavy (non-hydrogen) atoms. The Kier molecular flexibility index (Phi) is 6.70. The number of aromatic nitrogens is 6. The number of halogens is 3. The van der Waals surface area contributed by atoms with E-state index in [-0.39, 0.29) is 35.1 Å². The lowest BCUT2D eigenvalue weighted by atomic mass is 10.2. The van der Waals surface area contributed by atoms with E-state index in [4.69, 9.17) is 4.52 Å². The molecular formula is C24H22F3N9O4. The van der Waals surface area contributed by atoms with Gasteiger partial charge < -0.3 is 24.4 Å². The standard InChI is InChI=1S/C24H22F3N9O4/c1-12-7-15(33-40-12)10-35-21(38)18-19(34(3)23(35)39)30-11-36(18)13(2)20(37)32-17-6-4-5-16(31-17)14-8-28-22(29-9-14)24(25,26)27/h4-9,11,13,23,39H,10H2,1-3H3,(H,31,32,37)/t13-,23?/m0/s1. The SMILES string of the molecule is Cc1cc(CN2C(=O)c3c(ncn3[C@@H](C)C(=O)Nc3cccc(-c4cnc(C(F)(F)F)nc4)n3)N(C)C2O)no1. The number of imidazole rings is 1. The van der Waals surface area contributed by atoms with Crippen molar-refractivity contribution in [3.8, 4) is 11.3 Å². The Morgan fingerprint density at radius 2 is 1.95 bits per heavy atom. The summed E-state index contributed by atoms with van der Waals surface area (Å²) in [6.07, 6.45) is -2.70. The Balaban J connectivity index is 1.35. The van der Waals surface area contributed by atoms with Gasteiger partial charge in [-0.25, -0.2) is 19.9 Å². The number of carbonyl (C=O) groups is 2. The van der Waals surface area contributed by atoms with Crippen LogP contribution in [0.2, 0.25) is 0 Å². The molecule has 1 aliphatic rings. The second-order valence-electron chi connectivity index (χ2n) is 9.01. The summed E-state index contributed by atoms with van der Waals surface area (Å²) in [6.45, 7) is 3.21. The van der Waals surface area contributed by atoms with Crippen LogP contribution in [0.1, 0.15) is 40.7 Å². The summed E-state index contributed by atoms with van der Waals surface area (Å²) in [4.78, 5) is 44.3. The van der Waals surface area contributed by atoms with Gasteiger partial charge in [0.2, 0.25) is 18.1 Å². The summed E-state index contributed by atoms with van der Waals surface area (Å²) in [6, 6.07) is 5.28. The highest BCUT2D eigenvalue weighted by atomic mass is 19.4. The molecule has 208 valence electrons. The van der Waals surface area contributed by atoms with Gasteiger partial charge in [-0.3, -0.25) is 14.5 Å². The molecule has 16 heteroatoms. The number of aryl methyl sites for hydroxylation is 1. The molecule has 1 aliphatic heterocycles. The zero-order valence-corrected chi connectivity index (χ0v) is 21.3. The van der Waals surface area contributed by atoms with Crippen LogP contribution in [0.5, 0.6) is 0 Å². The van der Waals surface area contributed by atoms with Crippen LogP contribution < -0.4 is 10.2 Å². The minimum absolute atomic E-state index is 0.0444. The topological polar surface area (TPSA) is 155 Å². The summed E-state index contributed by atoms with van der Waals surface area (Å²) >= 11 is 0. The molecule has 0 saturated carbocycles. The first-order valence-corrected chi connectivity index (χ1v) is 11.8. The number of alkyl halides is 3. The molecule has 2 N–H and O–H groups in total. The molecule has 4 aromatic heterocycles. The molecule has 0 saturated heterocycles. The highest BCUT2D eigenvalue weighted by Crippen LogP contribution is 2.31. The Hall–Kier alpha value is -4.86. The van der Waals surface area contributed by atoms with Crippen molar-refractivity contribution in [1.29, 1.82) is 0 Å². The average molecular weight is 557 g/mol. The van der Waals surface area contributed by atoms with E-state index in [0.717, 1.165) is 12.4 Å². The van der Waals surface area contributed by atoms with Gasteiger partial charge in [0.05, 0.1) is 18.6 Å². The summed E-state index contributed by atoms with van der Waals surface area (Å²) in [5.41, 5.74) is 0.974. The third-order valence-corrected chi connectivity index (χ3v) is 6.20. The second kappa shape index (κ2) is 10.0. The maximum absolute atomic E-state index is 13.4. The molecule has 0 aromatic carbocycles. The van der Waals surface area contributed by atoms with Gasteiger partial charge in [0.15, 0.2) is 11.5 Å². The van der Waals surface area contributed by atoms with E-state index in [9.17, 15) is 27.9 Å². The summed E-state index contributed by atoms with van der Waals surface area (Å²) in [5.74, 6) is -1.55. The van der Waals surface area contributed by atoms with Crippen LogP contribution in [0.3, 0.4) is 0 Å². The molecule has 0 fully saturated rings. The number of rotatable bonds is 6. The number of anilines is 2. The highest BCUT2D eigenvalue weighted by molar-refractivity contribution is 6.01. The molecule has 0 bridgehead atoms. The van der Waals surface area contributed by atoms with Crippen molar-refractivity contribution in [3.05, 3.63) is 66.0 Å². The third kappa shape index (κ3) is 4.95. The van der Waals surface area contributed by atoms with Crippen LogP contribution in [0, 0.1) is 6.92 Å². The van der Waals surface area contributed by atoms with E-state index in [1.807, 2.05) is 0 Å². The van der Waals surface area contributed by atoms with Crippen LogP contribution >= 0.6 is 0 Å². The minimum Gasteiger partial charge on any atom is -0.361 e. The predicted molar refractivity (Wildman–Crippen MR) is 131 cm³/mol. The van der Waals surface area contributed by atoms with E-state index in [1.54, 1.807) is 33.0 Å². The number of aliphatic hydroxyl groups excluding tert-OH is 1.